The number of aryl methyl sites for hydroxylation is 1. The molecule has 7 rings (SSSR count). The molecule has 3 aliphatic heterocycles. The van der Waals surface area contributed by atoms with Crippen molar-refractivity contribution in [1.82, 2.24) is 14.9 Å². The Kier molecular flexibility index (Phi) is 7.42. The first kappa shape index (κ1) is 29.0. The Hall–Kier alpha value is -2.75. The standard InChI is InChI=1S/C33H41ClFN5O3/c1-32(42)10-6-13-39(19-32)30-24-18-38(2)29(23-16-22(41)17-25(34)26(23)21-8-5-9-21)27(35)28(24)36-31(37-30)43-20-33-11-3-4-14-40(33)15-7-12-33/h16-18,21,42H,3-15,19-20H2,1-2H3/p+1. The lowest BCUT2D eigenvalue weighted by molar-refractivity contribution is -0.660. The number of anilines is 1. The van der Waals surface area contributed by atoms with Gasteiger partial charge in [-0.2, -0.15) is 18.9 Å². The number of hydrogen-bond donors (Lipinski definition) is 2. The molecule has 10 heteroatoms. The van der Waals surface area contributed by atoms with Crippen LogP contribution >= 0.6 is 11.6 Å². The highest BCUT2D eigenvalue weighted by Gasteiger charge is 2.43. The number of β-amino-alcohol motifs (C(OH)–C–C–N with tert-alkyl or cyclic N) is 1. The molecule has 0 amide bonds. The summed E-state index contributed by atoms with van der Waals surface area (Å²) in [4.78, 5) is 14.2. The normalized spacial score (nSPS) is 26.5. The summed E-state index contributed by atoms with van der Waals surface area (Å²) in [6.07, 6.45) is 12.1. The minimum Gasteiger partial charge on any atom is -0.508 e. The Bertz CT molecular complexity index is 1560. The van der Waals surface area contributed by atoms with Crippen molar-refractivity contribution >= 4 is 28.3 Å². The second kappa shape index (κ2) is 11.0. The molecule has 3 saturated heterocycles. The number of nitrogens with zero attached hydrogens (tertiary/aromatic N) is 5. The summed E-state index contributed by atoms with van der Waals surface area (Å²) in [6, 6.07) is 3.32. The average Bonchev–Trinajstić information content (AvgIpc) is 3.36. The number of ether oxygens (including phenoxy) is 1. The molecule has 0 radical (unpaired) electrons. The van der Waals surface area contributed by atoms with Crippen LogP contribution < -0.4 is 14.2 Å². The van der Waals surface area contributed by atoms with Crippen LogP contribution in [0.5, 0.6) is 11.8 Å². The van der Waals surface area contributed by atoms with Crippen molar-refractivity contribution in [1.29, 1.82) is 0 Å². The molecule has 230 valence electrons. The summed E-state index contributed by atoms with van der Waals surface area (Å²) in [7, 11) is 1.80. The molecule has 1 aliphatic carbocycles. The second-order valence-corrected chi connectivity index (χ2v) is 14.0. The summed E-state index contributed by atoms with van der Waals surface area (Å²) in [5, 5.41) is 22.5. The predicted molar refractivity (Wildman–Crippen MR) is 164 cm³/mol. The van der Waals surface area contributed by atoms with Crippen LogP contribution in [0.1, 0.15) is 82.6 Å². The molecule has 2 aromatic heterocycles. The molecule has 0 bridgehead atoms. The van der Waals surface area contributed by atoms with E-state index in [0.717, 1.165) is 63.6 Å². The van der Waals surface area contributed by atoms with Crippen LogP contribution in [0.3, 0.4) is 0 Å². The molecule has 2 N–H and O–H groups in total. The Morgan fingerprint density at radius 1 is 1.07 bits per heavy atom. The first-order valence-electron chi connectivity index (χ1n) is 15.9. The van der Waals surface area contributed by atoms with Gasteiger partial charge >= 0.3 is 6.01 Å². The van der Waals surface area contributed by atoms with Gasteiger partial charge in [-0.25, -0.2) is 0 Å². The van der Waals surface area contributed by atoms with Crippen LogP contribution in [0.4, 0.5) is 10.2 Å². The number of phenols is 1. The minimum atomic E-state index is -0.876. The van der Waals surface area contributed by atoms with E-state index in [1.165, 1.54) is 12.8 Å². The maximum absolute atomic E-state index is 17.0. The summed E-state index contributed by atoms with van der Waals surface area (Å²) >= 11 is 6.68. The van der Waals surface area contributed by atoms with Gasteiger partial charge < -0.3 is 19.8 Å². The first-order valence-corrected chi connectivity index (χ1v) is 16.3. The maximum atomic E-state index is 17.0. The first-order chi connectivity index (χ1) is 20.6. The summed E-state index contributed by atoms with van der Waals surface area (Å²) in [5.74, 6) is 0.285. The van der Waals surface area contributed by atoms with E-state index in [0.29, 0.717) is 53.6 Å². The predicted octanol–water partition coefficient (Wildman–Crippen LogP) is 5.64. The Labute approximate surface area is 257 Å². The van der Waals surface area contributed by atoms with E-state index >= 15 is 4.39 Å². The molecule has 43 heavy (non-hydrogen) atoms. The molecular formula is C33H42ClFN5O3+. The topological polar surface area (TPSA) is 85.8 Å². The molecule has 4 aliphatic rings. The number of pyridine rings is 1. The fraction of sp³-hybridized carbons (Fsp3) is 0.606. The summed E-state index contributed by atoms with van der Waals surface area (Å²) in [6.45, 7) is 5.56. The monoisotopic (exact) mass is 610 g/mol. The van der Waals surface area contributed by atoms with Crippen molar-refractivity contribution in [2.24, 2.45) is 7.05 Å². The van der Waals surface area contributed by atoms with E-state index in [2.05, 4.69) is 4.90 Å². The number of phenolic OH excluding ortho intramolecular Hbond substituents is 1. The molecule has 1 aromatic carbocycles. The highest BCUT2D eigenvalue weighted by molar-refractivity contribution is 6.32. The smallest absolute Gasteiger partial charge is 0.319 e. The largest absolute Gasteiger partial charge is 0.508 e. The zero-order chi connectivity index (χ0) is 29.9. The van der Waals surface area contributed by atoms with Gasteiger partial charge in [0.05, 0.1) is 16.7 Å². The molecule has 3 aromatic rings. The van der Waals surface area contributed by atoms with Gasteiger partial charge in [-0.1, -0.05) is 24.4 Å². The molecule has 8 nitrogen and oxygen atoms in total. The number of aliphatic hydroxyl groups is 1. The average molecular weight is 611 g/mol. The third-order valence-electron chi connectivity index (χ3n) is 10.4. The number of halogens is 2. The Morgan fingerprint density at radius 3 is 2.60 bits per heavy atom. The number of aromatic hydroxyl groups is 1. The SMILES string of the molecule is C[n+]1cc2c(N3CCCC(C)(O)C3)nc(OCC34CCCCN3CCC4)nc2c(F)c1-c1cc(O)cc(Cl)c1C1CCC1. The van der Waals surface area contributed by atoms with Gasteiger partial charge in [-0.05, 0) is 95.0 Å². The van der Waals surface area contributed by atoms with Gasteiger partial charge in [0.25, 0.3) is 5.69 Å². The maximum Gasteiger partial charge on any atom is 0.319 e. The van der Waals surface area contributed by atoms with E-state index in [1.807, 2.05) is 18.0 Å². The number of benzene rings is 1. The lowest BCUT2D eigenvalue weighted by atomic mass is 9.77. The van der Waals surface area contributed by atoms with Crippen LogP contribution in [0.15, 0.2) is 18.3 Å². The third kappa shape index (κ3) is 5.21. The second-order valence-electron chi connectivity index (χ2n) is 13.6. The highest BCUT2D eigenvalue weighted by Crippen LogP contribution is 2.46. The molecule has 0 spiro atoms. The van der Waals surface area contributed by atoms with E-state index in [9.17, 15) is 10.2 Å². The lowest BCUT2D eigenvalue weighted by Gasteiger charge is -2.41. The Morgan fingerprint density at radius 2 is 1.84 bits per heavy atom. The van der Waals surface area contributed by atoms with E-state index in [1.54, 1.807) is 23.7 Å². The quantitative estimate of drug-likeness (QED) is 0.350. The number of rotatable bonds is 6. The van der Waals surface area contributed by atoms with Crippen molar-refractivity contribution in [3.63, 3.8) is 0 Å². The van der Waals surface area contributed by atoms with Gasteiger partial charge in [-0.3, -0.25) is 4.90 Å². The number of aromatic nitrogens is 3. The van der Waals surface area contributed by atoms with Gasteiger partial charge in [-0.15, -0.1) is 0 Å². The zero-order valence-corrected chi connectivity index (χ0v) is 26.0. The van der Waals surface area contributed by atoms with Crippen LogP contribution in [0.2, 0.25) is 5.02 Å². The van der Waals surface area contributed by atoms with Gasteiger partial charge in [0.2, 0.25) is 5.82 Å². The lowest BCUT2D eigenvalue weighted by Crippen LogP contribution is -2.51. The van der Waals surface area contributed by atoms with Gasteiger partial charge in [0.1, 0.15) is 36.1 Å². The van der Waals surface area contributed by atoms with Gasteiger partial charge in [0.15, 0.2) is 6.20 Å². The number of hydrogen-bond acceptors (Lipinski definition) is 7. The van der Waals surface area contributed by atoms with Crippen LogP contribution in [0.25, 0.3) is 22.2 Å². The van der Waals surface area contributed by atoms with Crippen LogP contribution in [0, 0.1) is 5.82 Å². The minimum absolute atomic E-state index is 0.00151. The third-order valence-corrected chi connectivity index (χ3v) is 10.7. The zero-order valence-electron chi connectivity index (χ0n) is 25.2. The van der Waals surface area contributed by atoms with Gasteiger partial charge in [0, 0.05) is 18.1 Å². The van der Waals surface area contributed by atoms with Crippen molar-refractivity contribution in [2.75, 3.05) is 37.7 Å². The van der Waals surface area contributed by atoms with E-state index in [4.69, 9.17) is 26.3 Å². The highest BCUT2D eigenvalue weighted by atomic mass is 35.5. The number of piperidine rings is 2. The molecule has 4 fully saturated rings. The van der Waals surface area contributed by atoms with Crippen molar-refractivity contribution in [3.8, 4) is 23.0 Å². The van der Waals surface area contributed by atoms with Crippen molar-refractivity contribution < 1.29 is 23.9 Å². The van der Waals surface area contributed by atoms with E-state index in [-0.39, 0.29) is 28.7 Å². The van der Waals surface area contributed by atoms with Crippen molar-refractivity contribution in [3.05, 3.63) is 34.7 Å². The van der Waals surface area contributed by atoms with E-state index < -0.39 is 11.4 Å². The Balaban J connectivity index is 1.37. The van der Waals surface area contributed by atoms with Crippen LogP contribution in [-0.2, 0) is 7.05 Å². The fourth-order valence-electron chi connectivity index (χ4n) is 7.99. The van der Waals surface area contributed by atoms with Crippen LogP contribution in [-0.4, -0.2) is 69.0 Å². The molecule has 1 saturated carbocycles. The number of fused-ring (bicyclic) bond motifs is 2. The molecule has 5 heterocycles. The van der Waals surface area contributed by atoms with Crippen molar-refractivity contribution in [2.45, 2.75) is 88.2 Å². The molecule has 2 atom stereocenters. The molecule has 2 unspecified atom stereocenters. The fourth-order valence-corrected chi connectivity index (χ4v) is 8.36. The summed E-state index contributed by atoms with van der Waals surface area (Å²) in [5.41, 5.74) is 1.05. The molecular weight excluding hydrogens is 569 g/mol. The summed E-state index contributed by atoms with van der Waals surface area (Å²) < 4.78 is 25.1.